The van der Waals surface area contributed by atoms with Crippen molar-refractivity contribution < 1.29 is 9.53 Å². The molecule has 4 heteroatoms. The lowest BCUT2D eigenvalue weighted by molar-refractivity contribution is -0.118. The molecule has 0 aliphatic rings. The van der Waals surface area contributed by atoms with Gasteiger partial charge in [-0.3, -0.25) is 4.79 Å². The van der Waals surface area contributed by atoms with Gasteiger partial charge in [0.15, 0.2) is 6.61 Å². The number of hydrogen-bond acceptors (Lipinski definition) is 3. The number of benzene rings is 3. The molecular formula is C24H26N2O2. The molecule has 0 fully saturated rings. The number of carbonyl (C=O) groups excluding carboxylic acids is 1. The summed E-state index contributed by atoms with van der Waals surface area (Å²) in [5.41, 5.74) is 4.13. The molecule has 4 nitrogen and oxygen atoms in total. The monoisotopic (exact) mass is 374 g/mol. The first-order valence-electron chi connectivity index (χ1n) is 9.47. The fourth-order valence-electron chi connectivity index (χ4n) is 2.98. The molecular weight excluding hydrogens is 348 g/mol. The third kappa shape index (κ3) is 5.69. The highest BCUT2D eigenvalue weighted by Crippen LogP contribution is 2.20. The van der Waals surface area contributed by atoms with Crippen LogP contribution in [0.1, 0.15) is 29.7 Å². The number of rotatable bonds is 8. The molecule has 0 heterocycles. The molecule has 3 rings (SSSR count). The molecule has 3 aromatic rings. The average molecular weight is 374 g/mol. The Morgan fingerprint density at radius 2 is 1.71 bits per heavy atom. The Kier molecular flexibility index (Phi) is 6.82. The van der Waals surface area contributed by atoms with Gasteiger partial charge in [0, 0.05) is 23.8 Å². The van der Waals surface area contributed by atoms with E-state index in [0.29, 0.717) is 6.54 Å². The first-order valence-corrected chi connectivity index (χ1v) is 9.47. The summed E-state index contributed by atoms with van der Waals surface area (Å²) >= 11 is 0. The van der Waals surface area contributed by atoms with Crippen molar-refractivity contribution in [3.63, 3.8) is 0 Å². The number of ether oxygens (including phenoxy) is 1. The van der Waals surface area contributed by atoms with Crippen LogP contribution in [0.3, 0.4) is 0 Å². The van der Waals surface area contributed by atoms with Gasteiger partial charge in [0.25, 0.3) is 5.91 Å². The Hall–Kier alpha value is -3.11. The number of carbonyl (C=O) groups is 1. The summed E-state index contributed by atoms with van der Waals surface area (Å²) in [6.07, 6.45) is 0. The van der Waals surface area contributed by atoms with Crippen LogP contribution < -0.4 is 15.4 Å². The van der Waals surface area contributed by atoms with Crippen molar-refractivity contribution in [2.45, 2.75) is 26.4 Å². The largest absolute Gasteiger partial charge is 0.483 e. The SMILES string of the molecule is Cc1cccc(NC(=O)COc2ccccc2CNC(C)c2ccccc2)c1. The number of nitrogens with one attached hydrogen (secondary N) is 2. The van der Waals surface area contributed by atoms with Crippen molar-refractivity contribution in [2.24, 2.45) is 0 Å². The van der Waals surface area contributed by atoms with Crippen molar-refractivity contribution in [3.05, 3.63) is 95.6 Å². The van der Waals surface area contributed by atoms with Gasteiger partial charge in [0.1, 0.15) is 5.75 Å². The van der Waals surface area contributed by atoms with Gasteiger partial charge in [0.05, 0.1) is 0 Å². The van der Waals surface area contributed by atoms with Gasteiger partial charge in [0.2, 0.25) is 0 Å². The molecule has 1 atom stereocenters. The molecule has 0 saturated carbocycles. The van der Waals surface area contributed by atoms with Gasteiger partial charge in [-0.1, -0.05) is 60.7 Å². The van der Waals surface area contributed by atoms with Gasteiger partial charge < -0.3 is 15.4 Å². The molecule has 2 N–H and O–H groups in total. The lowest BCUT2D eigenvalue weighted by Gasteiger charge is -2.16. The summed E-state index contributed by atoms with van der Waals surface area (Å²) in [6, 6.07) is 26.0. The van der Waals surface area contributed by atoms with E-state index >= 15 is 0 Å². The summed E-state index contributed by atoms with van der Waals surface area (Å²) in [6.45, 7) is 4.75. The Bertz CT molecular complexity index is 909. The Balaban J connectivity index is 1.55. The minimum absolute atomic E-state index is 0.0286. The molecule has 1 unspecified atom stereocenters. The molecule has 0 aromatic heterocycles. The molecule has 0 saturated heterocycles. The standard InChI is InChI=1S/C24H26N2O2/c1-18-9-8-13-22(15-18)26-24(27)17-28-23-14-7-6-12-21(23)16-25-19(2)20-10-4-3-5-11-20/h3-15,19,25H,16-17H2,1-2H3,(H,26,27). The van der Waals surface area contributed by atoms with E-state index in [9.17, 15) is 4.79 Å². The van der Waals surface area contributed by atoms with Gasteiger partial charge in [-0.15, -0.1) is 0 Å². The maximum Gasteiger partial charge on any atom is 0.262 e. The van der Waals surface area contributed by atoms with E-state index in [4.69, 9.17) is 4.74 Å². The summed E-state index contributed by atoms with van der Waals surface area (Å²) in [5.74, 6) is 0.542. The number of hydrogen-bond donors (Lipinski definition) is 2. The highest BCUT2D eigenvalue weighted by Gasteiger charge is 2.09. The normalized spacial score (nSPS) is 11.6. The van der Waals surface area contributed by atoms with Crippen LogP contribution in [-0.4, -0.2) is 12.5 Å². The second-order valence-electron chi connectivity index (χ2n) is 6.83. The van der Waals surface area contributed by atoms with Crippen LogP contribution in [0.5, 0.6) is 5.75 Å². The molecule has 0 aliphatic carbocycles. The Labute approximate surface area is 166 Å². The van der Waals surface area contributed by atoms with Gasteiger partial charge in [-0.25, -0.2) is 0 Å². The Morgan fingerprint density at radius 3 is 2.50 bits per heavy atom. The van der Waals surface area contributed by atoms with Crippen LogP contribution in [0.4, 0.5) is 5.69 Å². The number of anilines is 1. The van der Waals surface area contributed by atoms with E-state index in [1.165, 1.54) is 5.56 Å². The van der Waals surface area contributed by atoms with Crippen LogP contribution in [0, 0.1) is 6.92 Å². The molecule has 0 spiro atoms. The van der Waals surface area contributed by atoms with E-state index in [1.54, 1.807) is 0 Å². The van der Waals surface area contributed by atoms with Gasteiger partial charge >= 0.3 is 0 Å². The van der Waals surface area contributed by atoms with Crippen LogP contribution in [-0.2, 0) is 11.3 Å². The van der Waals surface area contributed by atoms with Crippen LogP contribution in [0.15, 0.2) is 78.9 Å². The topological polar surface area (TPSA) is 50.4 Å². The highest BCUT2D eigenvalue weighted by atomic mass is 16.5. The Morgan fingerprint density at radius 1 is 0.964 bits per heavy atom. The minimum Gasteiger partial charge on any atom is -0.483 e. The fourth-order valence-corrected chi connectivity index (χ4v) is 2.98. The molecule has 28 heavy (non-hydrogen) atoms. The zero-order valence-corrected chi connectivity index (χ0v) is 16.3. The summed E-state index contributed by atoms with van der Waals surface area (Å²) in [7, 11) is 0. The molecule has 1 amide bonds. The summed E-state index contributed by atoms with van der Waals surface area (Å²) in [4.78, 5) is 12.2. The zero-order valence-electron chi connectivity index (χ0n) is 16.3. The molecule has 0 radical (unpaired) electrons. The fraction of sp³-hybridized carbons (Fsp3) is 0.208. The molecule has 0 aliphatic heterocycles. The quantitative estimate of drug-likeness (QED) is 0.592. The van der Waals surface area contributed by atoms with E-state index in [1.807, 2.05) is 73.7 Å². The van der Waals surface area contributed by atoms with E-state index in [2.05, 4.69) is 29.7 Å². The minimum atomic E-state index is -0.175. The van der Waals surface area contributed by atoms with Crippen molar-refractivity contribution in [3.8, 4) is 5.75 Å². The van der Waals surface area contributed by atoms with Crippen LogP contribution >= 0.6 is 0 Å². The number of amides is 1. The molecule has 144 valence electrons. The summed E-state index contributed by atoms with van der Waals surface area (Å²) in [5, 5.41) is 6.37. The molecule has 3 aromatic carbocycles. The lowest BCUT2D eigenvalue weighted by Crippen LogP contribution is -2.22. The van der Waals surface area contributed by atoms with Crippen molar-refractivity contribution in [2.75, 3.05) is 11.9 Å². The summed E-state index contributed by atoms with van der Waals surface area (Å²) < 4.78 is 5.79. The number of para-hydroxylation sites is 1. The number of aryl methyl sites for hydroxylation is 1. The maximum atomic E-state index is 12.2. The second kappa shape index (κ2) is 9.72. The van der Waals surface area contributed by atoms with E-state index in [-0.39, 0.29) is 18.6 Å². The lowest BCUT2D eigenvalue weighted by atomic mass is 10.1. The predicted octanol–water partition coefficient (Wildman–Crippen LogP) is 4.86. The third-order valence-electron chi connectivity index (χ3n) is 4.53. The first-order chi connectivity index (χ1) is 13.6. The van der Waals surface area contributed by atoms with E-state index < -0.39 is 0 Å². The van der Waals surface area contributed by atoms with Gasteiger partial charge in [-0.05, 0) is 43.2 Å². The van der Waals surface area contributed by atoms with Crippen molar-refractivity contribution >= 4 is 11.6 Å². The third-order valence-corrected chi connectivity index (χ3v) is 4.53. The first kappa shape index (κ1) is 19.6. The second-order valence-corrected chi connectivity index (χ2v) is 6.83. The zero-order chi connectivity index (χ0) is 19.8. The van der Waals surface area contributed by atoms with Crippen LogP contribution in [0.2, 0.25) is 0 Å². The average Bonchev–Trinajstić information content (AvgIpc) is 2.71. The highest BCUT2D eigenvalue weighted by molar-refractivity contribution is 5.91. The van der Waals surface area contributed by atoms with Crippen molar-refractivity contribution in [1.29, 1.82) is 0 Å². The predicted molar refractivity (Wildman–Crippen MR) is 113 cm³/mol. The van der Waals surface area contributed by atoms with Gasteiger partial charge in [-0.2, -0.15) is 0 Å². The van der Waals surface area contributed by atoms with E-state index in [0.717, 1.165) is 22.6 Å². The molecule has 0 bridgehead atoms. The van der Waals surface area contributed by atoms with Crippen molar-refractivity contribution in [1.82, 2.24) is 5.32 Å². The smallest absolute Gasteiger partial charge is 0.262 e. The maximum absolute atomic E-state index is 12.2. The van der Waals surface area contributed by atoms with Crippen LogP contribution in [0.25, 0.3) is 0 Å².